The fourth-order valence-electron chi connectivity index (χ4n) is 2.39. The molecule has 0 aliphatic heterocycles. The SMILES string of the molecule is COC(=O)c1cc2c(=O)n(Cc3ccccc3)c(=O)n(C)c2s1. The van der Waals surface area contributed by atoms with Crippen LogP contribution in [0.4, 0.5) is 0 Å². The molecule has 23 heavy (non-hydrogen) atoms. The van der Waals surface area contributed by atoms with Crippen LogP contribution in [0.2, 0.25) is 0 Å². The average molecular weight is 330 g/mol. The number of aryl methyl sites for hydroxylation is 1. The second-order valence-electron chi connectivity index (χ2n) is 5.04. The lowest BCUT2D eigenvalue weighted by atomic mass is 10.2. The maximum absolute atomic E-state index is 12.6. The molecule has 3 rings (SSSR count). The van der Waals surface area contributed by atoms with E-state index in [1.165, 1.54) is 22.3 Å². The number of hydrogen-bond acceptors (Lipinski definition) is 5. The molecule has 0 amide bonds. The molecule has 0 unspecified atom stereocenters. The van der Waals surface area contributed by atoms with E-state index < -0.39 is 17.2 Å². The van der Waals surface area contributed by atoms with Gasteiger partial charge in [-0.05, 0) is 11.6 Å². The van der Waals surface area contributed by atoms with Gasteiger partial charge in [-0.15, -0.1) is 11.3 Å². The number of esters is 1. The van der Waals surface area contributed by atoms with Crippen molar-refractivity contribution >= 4 is 27.5 Å². The molecular weight excluding hydrogens is 316 g/mol. The van der Waals surface area contributed by atoms with E-state index in [0.29, 0.717) is 15.1 Å². The molecule has 0 N–H and O–H groups in total. The number of aromatic nitrogens is 2. The van der Waals surface area contributed by atoms with Crippen LogP contribution in [0.1, 0.15) is 15.2 Å². The molecule has 2 heterocycles. The van der Waals surface area contributed by atoms with E-state index in [1.54, 1.807) is 7.05 Å². The van der Waals surface area contributed by atoms with Gasteiger partial charge in [-0.2, -0.15) is 0 Å². The normalized spacial score (nSPS) is 10.9. The smallest absolute Gasteiger partial charge is 0.348 e. The standard InChI is InChI=1S/C16H14N2O4S/c1-17-14-11(8-12(23-14)15(20)22-2)13(19)18(16(17)21)9-10-6-4-3-5-7-10/h3-8H,9H2,1-2H3. The fraction of sp³-hybridized carbons (Fsp3) is 0.188. The molecule has 0 saturated carbocycles. The third kappa shape index (κ3) is 2.59. The highest BCUT2D eigenvalue weighted by Gasteiger charge is 2.18. The molecule has 0 radical (unpaired) electrons. The molecule has 0 aliphatic carbocycles. The number of thiophene rings is 1. The van der Waals surface area contributed by atoms with Crippen molar-refractivity contribution in [3.05, 3.63) is 67.7 Å². The van der Waals surface area contributed by atoms with Crippen molar-refractivity contribution in [1.82, 2.24) is 9.13 Å². The lowest BCUT2D eigenvalue weighted by Gasteiger charge is -2.08. The van der Waals surface area contributed by atoms with Gasteiger partial charge in [0.15, 0.2) is 0 Å². The van der Waals surface area contributed by atoms with E-state index in [2.05, 4.69) is 4.74 Å². The molecule has 0 bridgehead atoms. The van der Waals surface area contributed by atoms with Gasteiger partial charge in [0.05, 0.1) is 19.0 Å². The molecule has 0 aliphatic rings. The molecule has 0 saturated heterocycles. The van der Waals surface area contributed by atoms with E-state index in [1.807, 2.05) is 30.3 Å². The molecule has 0 spiro atoms. The van der Waals surface area contributed by atoms with E-state index in [4.69, 9.17) is 0 Å². The zero-order chi connectivity index (χ0) is 16.6. The Morgan fingerprint density at radius 2 is 1.91 bits per heavy atom. The molecule has 0 atom stereocenters. The Morgan fingerprint density at radius 1 is 1.22 bits per heavy atom. The van der Waals surface area contributed by atoms with Gasteiger partial charge in [0.1, 0.15) is 9.71 Å². The number of benzene rings is 1. The highest BCUT2D eigenvalue weighted by atomic mass is 32.1. The zero-order valence-electron chi connectivity index (χ0n) is 12.6. The summed E-state index contributed by atoms with van der Waals surface area (Å²) in [5.74, 6) is -0.521. The van der Waals surface area contributed by atoms with Crippen molar-refractivity contribution in [1.29, 1.82) is 0 Å². The van der Waals surface area contributed by atoms with Crippen LogP contribution >= 0.6 is 11.3 Å². The Morgan fingerprint density at radius 3 is 2.57 bits per heavy atom. The van der Waals surface area contributed by atoms with Gasteiger partial charge in [0, 0.05) is 7.05 Å². The van der Waals surface area contributed by atoms with Crippen molar-refractivity contribution < 1.29 is 9.53 Å². The van der Waals surface area contributed by atoms with Gasteiger partial charge >= 0.3 is 11.7 Å². The Hall–Kier alpha value is -2.67. The Kier molecular flexibility index (Phi) is 3.87. The minimum Gasteiger partial charge on any atom is -0.465 e. The number of carbonyl (C=O) groups excluding carboxylic acids is 1. The van der Waals surface area contributed by atoms with Crippen LogP contribution in [0, 0.1) is 0 Å². The lowest BCUT2D eigenvalue weighted by molar-refractivity contribution is 0.0606. The molecule has 0 fully saturated rings. The van der Waals surface area contributed by atoms with Gasteiger partial charge in [0.2, 0.25) is 0 Å². The summed E-state index contributed by atoms with van der Waals surface area (Å²) in [6.45, 7) is 0.186. The second-order valence-corrected chi connectivity index (χ2v) is 6.07. The topological polar surface area (TPSA) is 70.3 Å². The van der Waals surface area contributed by atoms with Crippen LogP contribution < -0.4 is 11.2 Å². The Bertz CT molecular complexity index is 999. The summed E-state index contributed by atoms with van der Waals surface area (Å²) in [6.07, 6.45) is 0. The number of carbonyl (C=O) groups is 1. The van der Waals surface area contributed by atoms with Crippen molar-refractivity contribution in [2.75, 3.05) is 7.11 Å². The summed E-state index contributed by atoms with van der Waals surface area (Å²) in [6, 6.07) is 10.8. The molecule has 1 aromatic carbocycles. The van der Waals surface area contributed by atoms with Crippen LogP contribution in [-0.2, 0) is 18.3 Å². The van der Waals surface area contributed by atoms with Crippen LogP contribution in [0.15, 0.2) is 46.0 Å². The third-order valence-corrected chi connectivity index (χ3v) is 4.77. The summed E-state index contributed by atoms with van der Waals surface area (Å²) in [7, 11) is 2.86. The summed E-state index contributed by atoms with van der Waals surface area (Å²) in [5.41, 5.74) is 0.0393. The second kappa shape index (κ2) is 5.85. The van der Waals surface area contributed by atoms with Crippen LogP contribution in [0.25, 0.3) is 10.2 Å². The van der Waals surface area contributed by atoms with E-state index in [9.17, 15) is 14.4 Å². The lowest BCUT2D eigenvalue weighted by Crippen LogP contribution is -2.38. The van der Waals surface area contributed by atoms with Crippen molar-refractivity contribution in [3.8, 4) is 0 Å². The molecule has 3 aromatic rings. The van der Waals surface area contributed by atoms with Crippen molar-refractivity contribution in [3.63, 3.8) is 0 Å². The van der Waals surface area contributed by atoms with Gasteiger partial charge < -0.3 is 4.74 Å². The number of rotatable bonds is 3. The number of hydrogen-bond donors (Lipinski definition) is 0. The zero-order valence-corrected chi connectivity index (χ0v) is 13.4. The first-order valence-corrected chi connectivity index (χ1v) is 7.70. The molecule has 6 nitrogen and oxygen atoms in total. The highest BCUT2D eigenvalue weighted by molar-refractivity contribution is 7.20. The molecule has 7 heteroatoms. The van der Waals surface area contributed by atoms with E-state index >= 15 is 0 Å². The highest BCUT2D eigenvalue weighted by Crippen LogP contribution is 2.22. The summed E-state index contributed by atoms with van der Waals surface area (Å²) in [4.78, 5) is 37.5. The minimum atomic E-state index is -0.521. The third-order valence-electron chi connectivity index (χ3n) is 3.58. The van der Waals surface area contributed by atoms with Gasteiger partial charge in [0.25, 0.3) is 5.56 Å². The largest absolute Gasteiger partial charge is 0.465 e. The predicted molar refractivity (Wildman–Crippen MR) is 88.2 cm³/mol. The fourth-order valence-corrected chi connectivity index (χ4v) is 3.41. The number of methoxy groups -OCH3 is 1. The monoisotopic (exact) mass is 330 g/mol. The molecule has 2 aromatic heterocycles. The summed E-state index contributed by atoms with van der Waals surface area (Å²) < 4.78 is 7.23. The number of ether oxygens (including phenoxy) is 1. The van der Waals surface area contributed by atoms with Gasteiger partial charge in [-0.1, -0.05) is 30.3 Å². The Balaban J connectivity index is 2.22. The van der Waals surface area contributed by atoms with E-state index in [-0.39, 0.29) is 6.54 Å². The first-order chi connectivity index (χ1) is 11.0. The van der Waals surface area contributed by atoms with Gasteiger partial charge in [-0.25, -0.2) is 9.59 Å². The van der Waals surface area contributed by atoms with E-state index in [0.717, 1.165) is 16.9 Å². The minimum absolute atomic E-state index is 0.186. The number of nitrogens with zero attached hydrogens (tertiary/aromatic N) is 2. The summed E-state index contributed by atoms with van der Waals surface area (Å²) in [5, 5.41) is 0.341. The molecular formula is C16H14N2O4S. The van der Waals surface area contributed by atoms with Crippen LogP contribution in [0.5, 0.6) is 0 Å². The quantitative estimate of drug-likeness (QED) is 0.684. The maximum Gasteiger partial charge on any atom is 0.348 e. The average Bonchev–Trinajstić information content (AvgIpc) is 3.02. The first-order valence-electron chi connectivity index (χ1n) is 6.88. The van der Waals surface area contributed by atoms with Gasteiger partial charge in [-0.3, -0.25) is 13.9 Å². The molecule has 118 valence electrons. The van der Waals surface area contributed by atoms with Crippen molar-refractivity contribution in [2.24, 2.45) is 7.05 Å². The first kappa shape index (κ1) is 15.2. The van der Waals surface area contributed by atoms with Crippen LogP contribution in [-0.4, -0.2) is 22.2 Å². The van der Waals surface area contributed by atoms with Crippen molar-refractivity contribution in [2.45, 2.75) is 6.54 Å². The summed E-state index contributed by atoms with van der Waals surface area (Å²) >= 11 is 1.08. The van der Waals surface area contributed by atoms with Crippen LogP contribution in [0.3, 0.4) is 0 Å². The number of fused-ring (bicyclic) bond motifs is 1. The predicted octanol–water partition coefficient (Wildman–Crippen LogP) is 1.60. The maximum atomic E-state index is 12.6. The Labute approximate surface area is 135 Å².